The summed E-state index contributed by atoms with van der Waals surface area (Å²) in [6.45, 7) is 1.91. The molecule has 0 amide bonds. The van der Waals surface area contributed by atoms with E-state index < -0.39 is 0 Å². The second kappa shape index (κ2) is 7.60. The lowest BCUT2D eigenvalue weighted by molar-refractivity contribution is 0.627. The van der Waals surface area contributed by atoms with Crippen molar-refractivity contribution in [3.8, 4) is 28.1 Å². The van der Waals surface area contributed by atoms with Gasteiger partial charge in [-0.25, -0.2) is 18.4 Å². The summed E-state index contributed by atoms with van der Waals surface area (Å²) in [7, 11) is 0. The summed E-state index contributed by atoms with van der Waals surface area (Å²) in [4.78, 5) is 4.76. The third-order valence-electron chi connectivity index (χ3n) is 5.11. The SMILES string of the molecule is Cc1cc(-c2ccc(F)cc2)c2c(-c3ccc(F)cc3)nn(-c3ccc(Cl)cc3)c2n1. The van der Waals surface area contributed by atoms with Crippen molar-refractivity contribution in [2.45, 2.75) is 6.92 Å². The molecule has 0 atom stereocenters. The lowest BCUT2D eigenvalue weighted by Crippen LogP contribution is -1.98. The van der Waals surface area contributed by atoms with Crippen molar-refractivity contribution < 1.29 is 8.78 Å². The van der Waals surface area contributed by atoms with Gasteiger partial charge in [0.1, 0.15) is 17.3 Å². The van der Waals surface area contributed by atoms with Gasteiger partial charge in [0.2, 0.25) is 0 Å². The topological polar surface area (TPSA) is 30.7 Å². The van der Waals surface area contributed by atoms with Crippen LogP contribution in [0, 0.1) is 18.6 Å². The van der Waals surface area contributed by atoms with Crippen molar-refractivity contribution in [1.82, 2.24) is 14.8 Å². The first-order valence-corrected chi connectivity index (χ1v) is 10.1. The quantitative estimate of drug-likeness (QED) is 0.308. The molecular weight excluding hydrogens is 416 g/mol. The number of fused-ring (bicyclic) bond motifs is 1. The Hall–Kier alpha value is -3.57. The fourth-order valence-corrected chi connectivity index (χ4v) is 3.80. The van der Waals surface area contributed by atoms with Gasteiger partial charge in [0.25, 0.3) is 0 Å². The zero-order valence-electron chi connectivity index (χ0n) is 16.5. The Balaban J connectivity index is 1.86. The van der Waals surface area contributed by atoms with E-state index in [4.69, 9.17) is 21.7 Å². The van der Waals surface area contributed by atoms with Gasteiger partial charge in [-0.2, -0.15) is 5.10 Å². The molecule has 0 fully saturated rings. The number of benzene rings is 3. The van der Waals surface area contributed by atoms with Crippen molar-refractivity contribution >= 4 is 22.6 Å². The number of hydrogen-bond donors (Lipinski definition) is 0. The van der Waals surface area contributed by atoms with Gasteiger partial charge in [-0.15, -0.1) is 0 Å². The molecule has 0 unspecified atom stereocenters. The van der Waals surface area contributed by atoms with Gasteiger partial charge < -0.3 is 0 Å². The Labute approximate surface area is 182 Å². The van der Waals surface area contributed by atoms with Gasteiger partial charge in [-0.1, -0.05) is 23.7 Å². The number of halogens is 3. The maximum Gasteiger partial charge on any atom is 0.164 e. The molecule has 0 aliphatic heterocycles. The van der Waals surface area contributed by atoms with Crippen molar-refractivity contribution in [1.29, 1.82) is 0 Å². The summed E-state index contributed by atoms with van der Waals surface area (Å²) >= 11 is 6.07. The minimum absolute atomic E-state index is 0.304. The minimum atomic E-state index is -0.321. The smallest absolute Gasteiger partial charge is 0.164 e. The molecule has 0 bridgehead atoms. The molecule has 0 N–H and O–H groups in total. The van der Waals surface area contributed by atoms with Crippen molar-refractivity contribution in [3.05, 3.63) is 101 Å². The molecule has 5 rings (SSSR count). The highest BCUT2D eigenvalue weighted by Gasteiger charge is 2.20. The highest BCUT2D eigenvalue weighted by atomic mass is 35.5. The third-order valence-corrected chi connectivity index (χ3v) is 5.36. The molecular formula is C25H16ClF2N3. The molecule has 6 heteroatoms. The minimum Gasteiger partial charge on any atom is -0.233 e. The van der Waals surface area contributed by atoms with Crippen LogP contribution in [0.4, 0.5) is 8.78 Å². The summed E-state index contributed by atoms with van der Waals surface area (Å²) < 4.78 is 28.9. The van der Waals surface area contributed by atoms with Crippen LogP contribution in [0.15, 0.2) is 78.9 Å². The summed E-state index contributed by atoms with van der Waals surface area (Å²) in [5, 5.41) is 6.27. The molecule has 0 aliphatic rings. The van der Waals surface area contributed by atoms with E-state index in [2.05, 4.69) is 0 Å². The first-order chi connectivity index (χ1) is 15.0. The summed E-state index contributed by atoms with van der Waals surface area (Å²) in [6, 6.07) is 21.8. The van der Waals surface area contributed by atoms with Gasteiger partial charge in [0.15, 0.2) is 5.65 Å². The van der Waals surface area contributed by atoms with Crippen LogP contribution in [0.5, 0.6) is 0 Å². The second-order valence-corrected chi connectivity index (χ2v) is 7.70. The highest BCUT2D eigenvalue weighted by Crippen LogP contribution is 2.37. The van der Waals surface area contributed by atoms with Crippen LogP contribution in [0.1, 0.15) is 5.69 Å². The summed E-state index contributed by atoms with van der Waals surface area (Å²) in [6.07, 6.45) is 0. The number of hydrogen-bond acceptors (Lipinski definition) is 2. The molecule has 31 heavy (non-hydrogen) atoms. The molecule has 0 saturated heterocycles. The molecule has 2 aromatic heterocycles. The predicted octanol–water partition coefficient (Wildman–Crippen LogP) is 6.99. The monoisotopic (exact) mass is 431 g/mol. The molecule has 3 nitrogen and oxygen atoms in total. The van der Waals surface area contributed by atoms with Gasteiger partial charge >= 0.3 is 0 Å². The normalized spacial score (nSPS) is 11.2. The van der Waals surface area contributed by atoms with E-state index in [1.807, 2.05) is 25.1 Å². The fraction of sp³-hybridized carbons (Fsp3) is 0.0400. The van der Waals surface area contributed by atoms with Gasteiger partial charge in [-0.3, -0.25) is 0 Å². The maximum atomic E-state index is 13.6. The second-order valence-electron chi connectivity index (χ2n) is 7.26. The Kier molecular flexibility index (Phi) is 4.75. The number of nitrogens with zero attached hydrogens (tertiary/aromatic N) is 3. The van der Waals surface area contributed by atoms with Crippen LogP contribution in [-0.4, -0.2) is 14.8 Å². The molecule has 0 aliphatic carbocycles. The summed E-state index contributed by atoms with van der Waals surface area (Å²) in [5.74, 6) is -0.626. The average Bonchev–Trinajstić information content (AvgIpc) is 3.14. The van der Waals surface area contributed by atoms with Crippen molar-refractivity contribution in [2.75, 3.05) is 0 Å². The number of aryl methyl sites for hydroxylation is 1. The van der Waals surface area contributed by atoms with Crippen molar-refractivity contribution in [3.63, 3.8) is 0 Å². The van der Waals surface area contributed by atoms with Crippen LogP contribution in [-0.2, 0) is 0 Å². The zero-order valence-corrected chi connectivity index (χ0v) is 17.2. The zero-order chi connectivity index (χ0) is 21.5. The largest absolute Gasteiger partial charge is 0.233 e. The Morgan fingerprint density at radius 1 is 0.774 bits per heavy atom. The van der Waals surface area contributed by atoms with Gasteiger partial charge in [-0.05, 0) is 84.8 Å². The molecule has 0 spiro atoms. The molecule has 3 aromatic carbocycles. The Morgan fingerprint density at radius 2 is 1.35 bits per heavy atom. The van der Waals surface area contributed by atoms with Gasteiger partial charge in [0, 0.05) is 16.3 Å². The lowest BCUT2D eigenvalue weighted by Gasteiger charge is -2.08. The van der Waals surface area contributed by atoms with E-state index in [0.29, 0.717) is 16.4 Å². The average molecular weight is 432 g/mol. The van der Waals surface area contributed by atoms with E-state index in [-0.39, 0.29) is 11.6 Å². The lowest BCUT2D eigenvalue weighted by atomic mass is 9.98. The predicted molar refractivity (Wildman–Crippen MR) is 119 cm³/mol. The van der Waals surface area contributed by atoms with Crippen LogP contribution < -0.4 is 0 Å². The Morgan fingerprint density at radius 3 is 1.97 bits per heavy atom. The molecule has 152 valence electrons. The summed E-state index contributed by atoms with van der Waals surface area (Å²) in [5.41, 5.74) is 5.39. The first-order valence-electron chi connectivity index (χ1n) is 9.68. The third kappa shape index (κ3) is 3.57. The van der Waals surface area contributed by atoms with Crippen LogP contribution in [0.3, 0.4) is 0 Å². The van der Waals surface area contributed by atoms with E-state index in [1.54, 1.807) is 41.1 Å². The highest BCUT2D eigenvalue weighted by molar-refractivity contribution is 6.30. The number of aromatic nitrogens is 3. The number of rotatable bonds is 3. The number of pyridine rings is 1. The maximum absolute atomic E-state index is 13.6. The van der Waals surface area contributed by atoms with E-state index >= 15 is 0 Å². The molecule has 2 heterocycles. The van der Waals surface area contributed by atoms with E-state index in [9.17, 15) is 8.78 Å². The standard InChI is InChI=1S/C25H16ClF2N3/c1-15-14-22(16-2-8-19(27)9-3-16)23-24(17-4-10-20(28)11-5-17)30-31(25(23)29-15)21-12-6-18(26)7-13-21/h2-14H,1H3. The molecule has 0 saturated carbocycles. The first kappa shape index (κ1) is 19.4. The van der Waals surface area contributed by atoms with Crippen LogP contribution in [0.25, 0.3) is 39.1 Å². The Bertz CT molecular complexity index is 1390. The van der Waals surface area contributed by atoms with E-state index in [0.717, 1.165) is 33.5 Å². The fourth-order valence-electron chi connectivity index (χ4n) is 3.67. The van der Waals surface area contributed by atoms with Gasteiger partial charge in [0.05, 0.1) is 11.1 Å². The van der Waals surface area contributed by atoms with E-state index in [1.165, 1.54) is 24.3 Å². The molecule has 0 radical (unpaired) electrons. The van der Waals surface area contributed by atoms with Crippen LogP contribution in [0.2, 0.25) is 5.02 Å². The molecule has 5 aromatic rings. The van der Waals surface area contributed by atoms with Crippen molar-refractivity contribution in [2.24, 2.45) is 0 Å². The van der Waals surface area contributed by atoms with Crippen LogP contribution >= 0.6 is 11.6 Å².